The molecule has 0 radical (unpaired) electrons. The van der Waals surface area contributed by atoms with E-state index in [0.717, 1.165) is 35.9 Å². The van der Waals surface area contributed by atoms with Crippen molar-refractivity contribution in [1.82, 2.24) is 10.3 Å². The molecule has 8 heteroatoms. The first-order valence-corrected chi connectivity index (χ1v) is 10.9. The number of hydrogen-bond acceptors (Lipinski definition) is 4. The van der Waals surface area contributed by atoms with Gasteiger partial charge in [0.2, 0.25) is 0 Å². The average molecular weight is 460 g/mol. The van der Waals surface area contributed by atoms with Crippen molar-refractivity contribution >= 4 is 45.7 Å². The van der Waals surface area contributed by atoms with Gasteiger partial charge in [0.05, 0.1) is 10.5 Å². The van der Waals surface area contributed by atoms with Crippen molar-refractivity contribution in [2.45, 2.75) is 30.8 Å². The summed E-state index contributed by atoms with van der Waals surface area (Å²) >= 11 is 11.7. The normalized spacial score (nSPS) is 24.0. The molecule has 160 valence electrons. The van der Waals surface area contributed by atoms with Crippen LogP contribution >= 0.6 is 23.2 Å². The zero-order valence-electron chi connectivity index (χ0n) is 16.5. The number of pyridine rings is 1. The second-order valence-corrected chi connectivity index (χ2v) is 9.03. The lowest BCUT2D eigenvalue weighted by molar-refractivity contribution is -0.127. The first-order chi connectivity index (χ1) is 14.9. The van der Waals surface area contributed by atoms with Crippen LogP contribution in [0.15, 0.2) is 48.7 Å². The molecule has 3 atom stereocenters. The number of carbonyl (C=O) groups is 1. The van der Waals surface area contributed by atoms with Crippen LogP contribution in [-0.4, -0.2) is 29.1 Å². The Hall–Kier alpha value is -2.57. The zero-order valence-corrected chi connectivity index (χ0v) is 18.0. The van der Waals surface area contributed by atoms with Crippen LogP contribution in [0.5, 0.6) is 5.75 Å². The van der Waals surface area contributed by atoms with E-state index in [9.17, 15) is 9.18 Å². The molecule has 2 saturated carbocycles. The van der Waals surface area contributed by atoms with E-state index in [1.165, 1.54) is 18.2 Å². The van der Waals surface area contributed by atoms with E-state index >= 15 is 0 Å². The maximum absolute atomic E-state index is 13.5. The van der Waals surface area contributed by atoms with Gasteiger partial charge in [0, 0.05) is 45.9 Å². The number of halogens is 3. The van der Waals surface area contributed by atoms with Gasteiger partial charge in [0.25, 0.3) is 5.91 Å². The lowest BCUT2D eigenvalue weighted by Crippen LogP contribution is -2.72. The molecule has 3 unspecified atom stereocenters. The van der Waals surface area contributed by atoms with Gasteiger partial charge in [0.1, 0.15) is 11.6 Å². The molecule has 0 bridgehead atoms. The molecule has 0 spiro atoms. The second kappa shape index (κ2) is 7.84. The number of hydrogen-bond donors (Lipinski definition) is 2. The largest absolute Gasteiger partial charge is 0.484 e. The van der Waals surface area contributed by atoms with Crippen LogP contribution in [0.2, 0.25) is 10.0 Å². The fourth-order valence-corrected chi connectivity index (χ4v) is 4.98. The number of ether oxygens (including phenoxy) is 1. The number of nitrogens with zero attached hydrogens (tertiary/aromatic N) is 1. The molecule has 1 heterocycles. The Balaban J connectivity index is 1.19. The van der Waals surface area contributed by atoms with E-state index in [0.29, 0.717) is 10.9 Å². The number of fused-ring (bicyclic) bond motifs is 2. The summed E-state index contributed by atoms with van der Waals surface area (Å²) in [7, 11) is 0. The highest BCUT2D eigenvalue weighted by molar-refractivity contribution is 6.31. The summed E-state index contributed by atoms with van der Waals surface area (Å²) in [6.45, 7) is -0.166. The number of benzene rings is 2. The molecule has 2 N–H and O–H groups in total. The maximum atomic E-state index is 13.5. The van der Waals surface area contributed by atoms with Gasteiger partial charge in [-0.2, -0.15) is 0 Å². The summed E-state index contributed by atoms with van der Waals surface area (Å²) in [6, 6.07) is 11.9. The molecule has 3 aromatic rings. The fraction of sp³-hybridized carbons (Fsp3) is 0.304. The Bertz CT molecular complexity index is 1170. The lowest BCUT2D eigenvalue weighted by Gasteiger charge is -2.63. The van der Waals surface area contributed by atoms with Crippen LogP contribution in [0, 0.1) is 11.7 Å². The van der Waals surface area contributed by atoms with Gasteiger partial charge >= 0.3 is 0 Å². The van der Waals surface area contributed by atoms with Crippen molar-refractivity contribution < 1.29 is 13.9 Å². The minimum atomic E-state index is -0.574. The van der Waals surface area contributed by atoms with Gasteiger partial charge in [-0.15, -0.1) is 0 Å². The third-order valence-electron chi connectivity index (χ3n) is 6.38. The standard InChI is InChI=1S/C23H20Cl2FN3O2/c24-13-1-3-15-19(6-8-27-20(15)9-13)29-23-7-5-16(23)21(11-23)28-22(30)12-31-14-2-4-17(25)18(26)10-14/h1-4,6,8-10,16,21H,5,7,11-12H2,(H,27,29)(H,28,30). The maximum Gasteiger partial charge on any atom is 0.258 e. The topological polar surface area (TPSA) is 63.2 Å². The number of rotatable bonds is 6. The number of anilines is 1. The molecule has 0 aliphatic heterocycles. The molecule has 1 amide bonds. The van der Waals surface area contributed by atoms with Crippen molar-refractivity contribution in [3.8, 4) is 5.75 Å². The number of carbonyl (C=O) groups excluding carboxylic acids is 1. The average Bonchev–Trinajstić information content (AvgIpc) is 2.73. The summed E-state index contributed by atoms with van der Waals surface area (Å²) in [4.78, 5) is 16.7. The highest BCUT2D eigenvalue weighted by Crippen LogP contribution is 2.55. The van der Waals surface area contributed by atoms with Crippen molar-refractivity contribution in [3.05, 3.63) is 64.5 Å². The number of nitrogens with one attached hydrogen (secondary N) is 2. The summed E-state index contributed by atoms with van der Waals surface area (Å²) in [6.07, 6.45) is 4.73. The van der Waals surface area contributed by atoms with Crippen LogP contribution in [0.25, 0.3) is 10.9 Å². The molecule has 2 aliphatic carbocycles. The van der Waals surface area contributed by atoms with E-state index in [1.807, 2.05) is 24.3 Å². The molecule has 2 fully saturated rings. The van der Waals surface area contributed by atoms with Crippen LogP contribution < -0.4 is 15.4 Å². The fourth-order valence-electron chi connectivity index (χ4n) is 4.69. The van der Waals surface area contributed by atoms with Gasteiger partial charge in [-0.05, 0) is 55.7 Å². The van der Waals surface area contributed by atoms with E-state index in [4.69, 9.17) is 27.9 Å². The van der Waals surface area contributed by atoms with E-state index in [2.05, 4.69) is 15.6 Å². The van der Waals surface area contributed by atoms with Crippen molar-refractivity contribution in [2.75, 3.05) is 11.9 Å². The van der Waals surface area contributed by atoms with Crippen molar-refractivity contribution in [2.24, 2.45) is 5.92 Å². The minimum Gasteiger partial charge on any atom is -0.484 e. The summed E-state index contributed by atoms with van der Waals surface area (Å²) in [5.74, 6) is -0.158. The van der Waals surface area contributed by atoms with Crippen LogP contribution in [0.1, 0.15) is 19.3 Å². The van der Waals surface area contributed by atoms with Gasteiger partial charge in [-0.25, -0.2) is 4.39 Å². The van der Waals surface area contributed by atoms with Crippen LogP contribution in [0.3, 0.4) is 0 Å². The van der Waals surface area contributed by atoms with Crippen molar-refractivity contribution in [3.63, 3.8) is 0 Å². The Morgan fingerprint density at radius 2 is 2.10 bits per heavy atom. The second-order valence-electron chi connectivity index (χ2n) is 8.19. The minimum absolute atomic E-state index is 0.00791. The summed E-state index contributed by atoms with van der Waals surface area (Å²) in [5, 5.41) is 8.46. The first-order valence-electron chi connectivity index (χ1n) is 10.1. The van der Waals surface area contributed by atoms with Crippen LogP contribution in [0.4, 0.5) is 10.1 Å². The van der Waals surface area contributed by atoms with E-state index < -0.39 is 5.82 Å². The zero-order chi connectivity index (χ0) is 21.6. The molecule has 31 heavy (non-hydrogen) atoms. The smallest absolute Gasteiger partial charge is 0.258 e. The molecule has 0 saturated heterocycles. The van der Waals surface area contributed by atoms with Gasteiger partial charge in [-0.1, -0.05) is 23.2 Å². The summed E-state index contributed by atoms with van der Waals surface area (Å²) in [5.41, 5.74) is 1.88. The highest BCUT2D eigenvalue weighted by Gasteiger charge is 2.60. The quantitative estimate of drug-likeness (QED) is 0.530. The Morgan fingerprint density at radius 3 is 2.84 bits per heavy atom. The molecule has 1 aromatic heterocycles. The number of aromatic nitrogens is 1. The molecule has 2 aromatic carbocycles. The third kappa shape index (κ3) is 3.79. The molecule has 5 nitrogen and oxygen atoms in total. The summed E-state index contributed by atoms with van der Waals surface area (Å²) < 4.78 is 18.9. The molecule has 2 aliphatic rings. The van der Waals surface area contributed by atoms with E-state index in [-0.39, 0.29) is 34.9 Å². The molecular formula is C23H20Cl2FN3O2. The Labute approximate surface area is 188 Å². The lowest BCUT2D eigenvalue weighted by atomic mass is 9.50. The monoisotopic (exact) mass is 459 g/mol. The highest BCUT2D eigenvalue weighted by atomic mass is 35.5. The Morgan fingerprint density at radius 1 is 1.23 bits per heavy atom. The first kappa shape index (κ1) is 20.3. The SMILES string of the molecule is O=C(COc1ccc(Cl)c(F)c1)NC1CC2(Nc3ccnc4cc(Cl)ccc34)CCC12. The Kier molecular flexibility index (Phi) is 5.15. The number of amides is 1. The predicted octanol–water partition coefficient (Wildman–Crippen LogP) is 5.21. The van der Waals surface area contributed by atoms with Crippen molar-refractivity contribution in [1.29, 1.82) is 0 Å². The molecular weight excluding hydrogens is 440 g/mol. The van der Waals surface area contributed by atoms with Gasteiger partial charge in [-0.3, -0.25) is 9.78 Å². The third-order valence-corrected chi connectivity index (χ3v) is 6.92. The van der Waals surface area contributed by atoms with Crippen LogP contribution in [-0.2, 0) is 4.79 Å². The van der Waals surface area contributed by atoms with E-state index in [1.54, 1.807) is 6.20 Å². The van der Waals surface area contributed by atoms with Gasteiger partial charge < -0.3 is 15.4 Å². The predicted molar refractivity (Wildman–Crippen MR) is 119 cm³/mol. The molecule has 5 rings (SSSR count). The van der Waals surface area contributed by atoms with Gasteiger partial charge in [0.15, 0.2) is 6.61 Å².